The Morgan fingerprint density at radius 1 is 1.13 bits per heavy atom. The molecule has 0 spiro atoms. The molecule has 1 atom stereocenters. The monoisotopic (exact) mass is 450 g/mol. The number of aromatic nitrogens is 2. The molecule has 30 heavy (non-hydrogen) atoms. The van der Waals surface area contributed by atoms with Gasteiger partial charge in [0.1, 0.15) is 11.6 Å². The summed E-state index contributed by atoms with van der Waals surface area (Å²) in [6.07, 6.45) is 0. The summed E-state index contributed by atoms with van der Waals surface area (Å²) in [5.41, 5.74) is 0.425. The SMILES string of the molecule is C[C@H](c1nc2ccccc2c(=O)[nH]1)N1CCN(S(=O)(=O)c2ccc(F)c(Cl)c2)CC1. The number of hydrogen-bond donors (Lipinski definition) is 1. The first kappa shape index (κ1) is 20.9. The number of aromatic amines is 1. The Balaban J connectivity index is 1.50. The number of nitrogens with one attached hydrogen (secondary N) is 1. The van der Waals surface area contributed by atoms with Crippen molar-refractivity contribution >= 4 is 32.5 Å². The highest BCUT2D eigenvalue weighted by Gasteiger charge is 2.31. The number of rotatable bonds is 4. The second-order valence-electron chi connectivity index (χ2n) is 7.16. The summed E-state index contributed by atoms with van der Waals surface area (Å²) < 4.78 is 40.4. The molecule has 0 radical (unpaired) electrons. The molecule has 1 N–H and O–H groups in total. The minimum Gasteiger partial charge on any atom is -0.309 e. The molecule has 0 unspecified atom stereocenters. The van der Waals surface area contributed by atoms with Crippen LogP contribution in [0.15, 0.2) is 52.2 Å². The Hall–Kier alpha value is -2.33. The number of hydrogen-bond acceptors (Lipinski definition) is 5. The van der Waals surface area contributed by atoms with Crippen LogP contribution in [0.1, 0.15) is 18.8 Å². The molecule has 1 saturated heterocycles. The van der Waals surface area contributed by atoms with Crippen LogP contribution in [0.3, 0.4) is 0 Å². The number of halogens is 2. The van der Waals surface area contributed by atoms with Crippen LogP contribution in [0.5, 0.6) is 0 Å². The maximum absolute atomic E-state index is 13.4. The van der Waals surface area contributed by atoms with E-state index in [-0.39, 0.29) is 34.6 Å². The van der Waals surface area contributed by atoms with E-state index in [0.717, 1.165) is 12.1 Å². The van der Waals surface area contributed by atoms with Gasteiger partial charge in [0.2, 0.25) is 10.0 Å². The summed E-state index contributed by atoms with van der Waals surface area (Å²) in [6.45, 7) is 3.38. The zero-order chi connectivity index (χ0) is 21.5. The maximum Gasteiger partial charge on any atom is 0.258 e. The van der Waals surface area contributed by atoms with Gasteiger partial charge in [-0.05, 0) is 37.3 Å². The Labute approximate surface area is 178 Å². The third kappa shape index (κ3) is 3.85. The Kier molecular flexibility index (Phi) is 5.63. The largest absolute Gasteiger partial charge is 0.309 e. The van der Waals surface area contributed by atoms with E-state index in [1.54, 1.807) is 18.2 Å². The van der Waals surface area contributed by atoms with Gasteiger partial charge in [0, 0.05) is 26.2 Å². The first-order valence-corrected chi connectivity index (χ1v) is 11.3. The zero-order valence-electron chi connectivity index (χ0n) is 16.2. The van der Waals surface area contributed by atoms with Gasteiger partial charge in [0.15, 0.2) is 0 Å². The number of piperazine rings is 1. The Bertz CT molecular complexity index is 1260. The second-order valence-corrected chi connectivity index (χ2v) is 9.51. The lowest BCUT2D eigenvalue weighted by Crippen LogP contribution is -2.49. The van der Waals surface area contributed by atoms with Gasteiger partial charge in [0.05, 0.1) is 26.9 Å². The van der Waals surface area contributed by atoms with Crippen LogP contribution in [-0.4, -0.2) is 53.8 Å². The van der Waals surface area contributed by atoms with E-state index in [4.69, 9.17) is 11.6 Å². The van der Waals surface area contributed by atoms with Crippen LogP contribution in [0.4, 0.5) is 4.39 Å². The Morgan fingerprint density at radius 3 is 2.53 bits per heavy atom. The molecule has 4 rings (SSSR count). The third-order valence-corrected chi connectivity index (χ3v) is 7.56. The average Bonchev–Trinajstić information content (AvgIpc) is 2.75. The van der Waals surface area contributed by atoms with Gasteiger partial charge in [-0.2, -0.15) is 4.31 Å². The highest BCUT2D eigenvalue weighted by Crippen LogP contribution is 2.25. The summed E-state index contributed by atoms with van der Waals surface area (Å²) >= 11 is 5.74. The van der Waals surface area contributed by atoms with Crippen LogP contribution in [0.2, 0.25) is 5.02 Å². The zero-order valence-corrected chi connectivity index (χ0v) is 17.8. The minimum atomic E-state index is -3.77. The molecule has 3 aromatic rings. The molecule has 2 aromatic carbocycles. The van der Waals surface area contributed by atoms with Crippen molar-refractivity contribution in [3.8, 4) is 0 Å². The molecule has 10 heteroatoms. The first-order valence-electron chi connectivity index (χ1n) is 9.45. The van der Waals surface area contributed by atoms with Crippen molar-refractivity contribution in [1.82, 2.24) is 19.2 Å². The molecule has 1 aromatic heterocycles. The lowest BCUT2D eigenvalue weighted by molar-refractivity contribution is 0.141. The van der Waals surface area contributed by atoms with Crippen LogP contribution in [0, 0.1) is 5.82 Å². The van der Waals surface area contributed by atoms with E-state index in [9.17, 15) is 17.6 Å². The molecule has 7 nitrogen and oxygen atoms in total. The van der Waals surface area contributed by atoms with Crippen molar-refractivity contribution < 1.29 is 12.8 Å². The lowest BCUT2D eigenvalue weighted by Gasteiger charge is -2.37. The lowest BCUT2D eigenvalue weighted by atomic mass is 10.2. The van der Waals surface area contributed by atoms with Crippen molar-refractivity contribution in [3.05, 3.63) is 69.5 Å². The number of fused-ring (bicyclic) bond motifs is 1. The van der Waals surface area contributed by atoms with E-state index in [2.05, 4.69) is 14.9 Å². The molecule has 0 bridgehead atoms. The van der Waals surface area contributed by atoms with Crippen molar-refractivity contribution in [2.75, 3.05) is 26.2 Å². The molecule has 0 amide bonds. The van der Waals surface area contributed by atoms with Crippen LogP contribution >= 0.6 is 11.6 Å². The van der Waals surface area contributed by atoms with Gasteiger partial charge in [0.25, 0.3) is 5.56 Å². The van der Waals surface area contributed by atoms with Gasteiger partial charge < -0.3 is 4.98 Å². The molecule has 158 valence electrons. The van der Waals surface area contributed by atoms with Gasteiger partial charge >= 0.3 is 0 Å². The van der Waals surface area contributed by atoms with Gasteiger partial charge in [-0.3, -0.25) is 9.69 Å². The van der Waals surface area contributed by atoms with Gasteiger partial charge in [-0.1, -0.05) is 23.7 Å². The number of nitrogens with zero attached hydrogens (tertiary/aromatic N) is 3. The number of para-hydroxylation sites is 1. The fourth-order valence-electron chi connectivity index (χ4n) is 3.59. The summed E-state index contributed by atoms with van der Waals surface area (Å²) in [5, 5.41) is 0.303. The predicted molar refractivity (Wildman–Crippen MR) is 113 cm³/mol. The fourth-order valence-corrected chi connectivity index (χ4v) is 5.29. The fraction of sp³-hybridized carbons (Fsp3) is 0.300. The van der Waals surface area contributed by atoms with E-state index in [1.807, 2.05) is 13.0 Å². The van der Waals surface area contributed by atoms with Crippen molar-refractivity contribution in [2.45, 2.75) is 17.9 Å². The molecule has 1 aliphatic heterocycles. The van der Waals surface area contributed by atoms with Gasteiger partial charge in [-0.25, -0.2) is 17.8 Å². The standard InChI is InChI=1S/C20H20ClFN4O3S/c1-13(19-23-18-5-3-2-4-15(18)20(27)24-19)25-8-10-26(11-9-25)30(28,29)14-6-7-17(22)16(21)12-14/h2-7,12-13H,8-11H2,1H3,(H,23,24,27)/t13-/m1/s1. The minimum absolute atomic E-state index is 0.0316. The van der Waals surface area contributed by atoms with Crippen LogP contribution in [-0.2, 0) is 10.0 Å². The van der Waals surface area contributed by atoms with Crippen molar-refractivity contribution in [1.29, 1.82) is 0 Å². The van der Waals surface area contributed by atoms with E-state index >= 15 is 0 Å². The molecular weight excluding hydrogens is 431 g/mol. The maximum atomic E-state index is 13.4. The van der Waals surface area contributed by atoms with E-state index in [1.165, 1.54) is 10.4 Å². The van der Waals surface area contributed by atoms with Crippen molar-refractivity contribution in [2.24, 2.45) is 0 Å². The summed E-state index contributed by atoms with van der Waals surface area (Å²) in [5.74, 6) is -0.119. The van der Waals surface area contributed by atoms with E-state index < -0.39 is 15.8 Å². The summed E-state index contributed by atoms with van der Waals surface area (Å²) in [7, 11) is -3.77. The normalized spacial score (nSPS) is 17.3. The molecule has 1 aliphatic rings. The Morgan fingerprint density at radius 2 is 1.83 bits per heavy atom. The highest BCUT2D eigenvalue weighted by molar-refractivity contribution is 7.89. The van der Waals surface area contributed by atoms with Gasteiger partial charge in [-0.15, -0.1) is 0 Å². The first-order chi connectivity index (χ1) is 14.3. The van der Waals surface area contributed by atoms with E-state index in [0.29, 0.717) is 29.8 Å². The molecule has 2 heterocycles. The third-order valence-electron chi connectivity index (χ3n) is 5.38. The predicted octanol–water partition coefficient (Wildman–Crippen LogP) is 2.78. The van der Waals surface area contributed by atoms with Crippen molar-refractivity contribution in [3.63, 3.8) is 0 Å². The topological polar surface area (TPSA) is 86.4 Å². The van der Waals surface area contributed by atoms with Crippen LogP contribution < -0.4 is 5.56 Å². The quantitative estimate of drug-likeness (QED) is 0.660. The number of benzene rings is 2. The molecule has 0 saturated carbocycles. The highest BCUT2D eigenvalue weighted by atomic mass is 35.5. The molecule has 0 aliphatic carbocycles. The number of sulfonamides is 1. The number of H-pyrrole nitrogens is 1. The second kappa shape index (κ2) is 8.07. The molecule has 1 fully saturated rings. The average molecular weight is 451 g/mol. The smallest absolute Gasteiger partial charge is 0.258 e. The summed E-state index contributed by atoms with van der Waals surface area (Å²) in [6, 6.07) is 10.3. The summed E-state index contributed by atoms with van der Waals surface area (Å²) in [4.78, 5) is 21.8. The van der Waals surface area contributed by atoms with Crippen LogP contribution in [0.25, 0.3) is 10.9 Å². The molecular formula is C20H20ClFN4O3S.